The second-order valence-corrected chi connectivity index (χ2v) is 7.87. The van der Waals surface area contributed by atoms with Gasteiger partial charge < -0.3 is 4.74 Å². The molecular weight excluding hydrogens is 402 g/mol. The lowest BCUT2D eigenvalue weighted by Crippen LogP contribution is -2.03. The van der Waals surface area contributed by atoms with Crippen molar-refractivity contribution in [1.82, 2.24) is 34.6 Å². The molecule has 4 heterocycles. The molecule has 5 aromatic rings. The van der Waals surface area contributed by atoms with E-state index in [1.807, 2.05) is 46.0 Å². The van der Waals surface area contributed by atoms with E-state index < -0.39 is 0 Å². The van der Waals surface area contributed by atoms with Crippen LogP contribution in [0.2, 0.25) is 0 Å². The van der Waals surface area contributed by atoms with E-state index >= 15 is 0 Å². The molecule has 0 saturated carbocycles. The number of hydrogen-bond acceptors (Lipinski definition) is 5. The molecule has 8 heteroatoms. The van der Waals surface area contributed by atoms with Crippen molar-refractivity contribution in [3.05, 3.63) is 72.6 Å². The molecule has 8 nitrogen and oxygen atoms in total. The molecule has 0 aliphatic heterocycles. The number of rotatable bonds is 7. The van der Waals surface area contributed by atoms with Crippen molar-refractivity contribution in [2.24, 2.45) is 0 Å². The predicted octanol–water partition coefficient (Wildman–Crippen LogP) is 4.55. The Hall–Kier alpha value is -3.94. The largest absolute Gasteiger partial charge is 0.497 e. The van der Waals surface area contributed by atoms with Crippen LogP contribution in [0.25, 0.3) is 28.0 Å². The predicted molar refractivity (Wildman–Crippen MR) is 123 cm³/mol. The first kappa shape index (κ1) is 20.0. The maximum Gasteiger partial charge on any atom is 0.118 e. The van der Waals surface area contributed by atoms with Gasteiger partial charge in [-0.2, -0.15) is 15.3 Å². The van der Waals surface area contributed by atoms with Crippen LogP contribution in [0.5, 0.6) is 5.75 Å². The second kappa shape index (κ2) is 8.30. The van der Waals surface area contributed by atoms with Gasteiger partial charge in [-0.05, 0) is 37.1 Å². The summed E-state index contributed by atoms with van der Waals surface area (Å²) in [4.78, 5) is 5.02. The highest BCUT2D eigenvalue weighted by molar-refractivity contribution is 5.78. The first-order valence-corrected chi connectivity index (χ1v) is 10.7. The highest BCUT2D eigenvalue weighted by atomic mass is 16.5. The molecule has 1 unspecified atom stereocenters. The van der Waals surface area contributed by atoms with E-state index in [4.69, 9.17) is 9.72 Å². The van der Waals surface area contributed by atoms with Crippen molar-refractivity contribution in [2.75, 3.05) is 7.11 Å². The van der Waals surface area contributed by atoms with Gasteiger partial charge in [0.2, 0.25) is 0 Å². The Morgan fingerprint density at radius 2 is 1.94 bits per heavy atom. The summed E-state index contributed by atoms with van der Waals surface area (Å²) < 4.78 is 9.11. The molecule has 0 aliphatic rings. The van der Waals surface area contributed by atoms with Gasteiger partial charge in [0.25, 0.3) is 0 Å². The van der Waals surface area contributed by atoms with Crippen molar-refractivity contribution in [3.63, 3.8) is 0 Å². The summed E-state index contributed by atoms with van der Waals surface area (Å²) in [6.07, 6.45) is 11.3. The SMILES string of the molecule is CCC(C)n1cc(-c2nc(-c3c[nH]nc3Cc3ccc(OC)cc3)cn3nccc23)cn1. The molecule has 32 heavy (non-hydrogen) atoms. The van der Waals surface area contributed by atoms with Gasteiger partial charge in [0, 0.05) is 36.0 Å². The summed E-state index contributed by atoms with van der Waals surface area (Å²) in [5, 5.41) is 16.5. The summed E-state index contributed by atoms with van der Waals surface area (Å²) in [6.45, 7) is 4.31. The van der Waals surface area contributed by atoms with E-state index in [0.29, 0.717) is 12.5 Å². The molecule has 1 atom stereocenters. The van der Waals surface area contributed by atoms with Crippen LogP contribution in [-0.4, -0.2) is 41.7 Å². The number of ether oxygens (including phenoxy) is 1. The van der Waals surface area contributed by atoms with Crippen LogP contribution in [0.4, 0.5) is 0 Å². The van der Waals surface area contributed by atoms with Crippen molar-refractivity contribution in [3.8, 4) is 28.3 Å². The summed E-state index contributed by atoms with van der Waals surface area (Å²) in [7, 11) is 1.67. The van der Waals surface area contributed by atoms with E-state index in [2.05, 4.69) is 52.6 Å². The molecule has 0 radical (unpaired) electrons. The first-order chi connectivity index (χ1) is 15.7. The molecule has 0 saturated heterocycles. The maximum atomic E-state index is 5.26. The van der Waals surface area contributed by atoms with Gasteiger partial charge in [-0.25, -0.2) is 9.50 Å². The standard InChI is InChI=1S/C24H25N7O/c1-4-16(2)30-14-18(12-27-30)24-23-9-10-26-31(23)15-22(28-24)20-13-25-29-21(20)11-17-5-7-19(32-3)8-6-17/h5-10,12-16H,4,11H2,1-3H3,(H,25,29). The van der Waals surface area contributed by atoms with Gasteiger partial charge in [-0.1, -0.05) is 19.1 Å². The molecule has 0 aliphatic carbocycles. The number of methoxy groups -OCH3 is 1. The lowest BCUT2D eigenvalue weighted by atomic mass is 10.0. The van der Waals surface area contributed by atoms with Gasteiger partial charge in [-0.3, -0.25) is 9.78 Å². The van der Waals surface area contributed by atoms with Crippen molar-refractivity contribution in [1.29, 1.82) is 0 Å². The molecule has 0 amide bonds. The summed E-state index contributed by atoms with van der Waals surface area (Å²) in [5.74, 6) is 0.837. The van der Waals surface area contributed by atoms with Crippen molar-refractivity contribution < 1.29 is 4.74 Å². The molecule has 1 N–H and O–H groups in total. The number of benzene rings is 1. The topological polar surface area (TPSA) is 85.9 Å². The Bertz CT molecular complexity index is 1350. The quantitative estimate of drug-likeness (QED) is 0.412. The number of nitrogens with one attached hydrogen (secondary N) is 1. The summed E-state index contributed by atoms with van der Waals surface area (Å²) >= 11 is 0. The fourth-order valence-corrected chi connectivity index (χ4v) is 3.77. The lowest BCUT2D eigenvalue weighted by molar-refractivity contribution is 0.414. The van der Waals surface area contributed by atoms with E-state index in [0.717, 1.165) is 51.5 Å². The molecule has 0 spiro atoms. The van der Waals surface area contributed by atoms with Crippen LogP contribution in [0.3, 0.4) is 0 Å². The molecule has 1 aromatic carbocycles. The second-order valence-electron chi connectivity index (χ2n) is 7.87. The Morgan fingerprint density at radius 1 is 1.09 bits per heavy atom. The third-order valence-electron chi connectivity index (χ3n) is 5.83. The minimum atomic E-state index is 0.331. The number of aromatic amines is 1. The fourth-order valence-electron chi connectivity index (χ4n) is 3.77. The molecule has 162 valence electrons. The highest BCUT2D eigenvalue weighted by Crippen LogP contribution is 2.29. The number of nitrogens with zero attached hydrogens (tertiary/aromatic N) is 6. The Balaban J connectivity index is 1.55. The first-order valence-electron chi connectivity index (χ1n) is 10.7. The Morgan fingerprint density at radius 3 is 2.72 bits per heavy atom. The highest BCUT2D eigenvalue weighted by Gasteiger charge is 2.17. The smallest absolute Gasteiger partial charge is 0.118 e. The van der Waals surface area contributed by atoms with Crippen LogP contribution < -0.4 is 4.74 Å². The Kier molecular flexibility index (Phi) is 5.18. The normalized spacial score (nSPS) is 12.3. The molecule has 5 rings (SSSR count). The van der Waals surface area contributed by atoms with E-state index in [-0.39, 0.29) is 0 Å². The van der Waals surface area contributed by atoms with Gasteiger partial charge in [0.05, 0.1) is 48.3 Å². The van der Waals surface area contributed by atoms with Crippen LogP contribution in [0.15, 0.2) is 61.3 Å². The number of H-pyrrole nitrogens is 1. The van der Waals surface area contributed by atoms with Gasteiger partial charge >= 0.3 is 0 Å². The van der Waals surface area contributed by atoms with Crippen LogP contribution >= 0.6 is 0 Å². The maximum absolute atomic E-state index is 5.26. The lowest BCUT2D eigenvalue weighted by Gasteiger charge is -2.09. The monoisotopic (exact) mass is 427 g/mol. The molecule has 0 fully saturated rings. The zero-order valence-corrected chi connectivity index (χ0v) is 18.4. The molecule has 0 bridgehead atoms. The number of aromatic nitrogens is 7. The zero-order valence-electron chi connectivity index (χ0n) is 18.4. The average molecular weight is 428 g/mol. The minimum Gasteiger partial charge on any atom is -0.497 e. The molecular formula is C24H25N7O. The Labute approximate surface area is 185 Å². The minimum absolute atomic E-state index is 0.331. The third kappa shape index (κ3) is 3.64. The third-order valence-corrected chi connectivity index (χ3v) is 5.83. The van der Waals surface area contributed by atoms with Gasteiger partial charge in [0.1, 0.15) is 5.75 Å². The summed E-state index contributed by atoms with van der Waals surface area (Å²) in [6, 6.07) is 10.3. The number of fused-ring (bicyclic) bond motifs is 1. The fraction of sp³-hybridized carbons (Fsp3) is 0.250. The van der Waals surface area contributed by atoms with E-state index in [9.17, 15) is 0 Å². The van der Waals surface area contributed by atoms with Crippen LogP contribution in [0, 0.1) is 0 Å². The molecule has 4 aromatic heterocycles. The summed E-state index contributed by atoms with van der Waals surface area (Å²) in [5.41, 5.74) is 6.60. The zero-order chi connectivity index (χ0) is 22.1. The van der Waals surface area contributed by atoms with E-state index in [1.165, 1.54) is 0 Å². The van der Waals surface area contributed by atoms with Gasteiger partial charge in [-0.15, -0.1) is 0 Å². The van der Waals surface area contributed by atoms with E-state index in [1.54, 1.807) is 13.3 Å². The number of hydrogen-bond donors (Lipinski definition) is 1. The average Bonchev–Trinajstić information content (AvgIpc) is 3.58. The van der Waals surface area contributed by atoms with Crippen molar-refractivity contribution in [2.45, 2.75) is 32.7 Å². The van der Waals surface area contributed by atoms with Gasteiger partial charge in [0.15, 0.2) is 0 Å². The van der Waals surface area contributed by atoms with Crippen LogP contribution in [0.1, 0.15) is 37.6 Å². The van der Waals surface area contributed by atoms with Crippen molar-refractivity contribution >= 4 is 5.52 Å². The van der Waals surface area contributed by atoms with Crippen LogP contribution in [-0.2, 0) is 6.42 Å².